The molecule has 0 fully saturated rings. The Morgan fingerprint density at radius 3 is 2.74 bits per heavy atom. The lowest BCUT2D eigenvalue weighted by Gasteiger charge is -2.19. The number of carbonyl (C=O) groups is 1. The van der Waals surface area contributed by atoms with E-state index in [-0.39, 0.29) is 0 Å². The predicted molar refractivity (Wildman–Crippen MR) is 86.0 cm³/mol. The van der Waals surface area contributed by atoms with Crippen molar-refractivity contribution in [3.8, 4) is 11.5 Å². The van der Waals surface area contributed by atoms with Gasteiger partial charge in [0.25, 0.3) is 0 Å². The molecular formula is C18H23FO4. The highest BCUT2D eigenvalue weighted by Gasteiger charge is 2.23. The van der Waals surface area contributed by atoms with E-state index in [1.807, 2.05) is 6.08 Å². The van der Waals surface area contributed by atoms with Gasteiger partial charge in [0.15, 0.2) is 0 Å². The molecule has 4 nitrogen and oxygen atoms in total. The van der Waals surface area contributed by atoms with E-state index in [1.54, 1.807) is 19.2 Å². The Labute approximate surface area is 136 Å². The first kappa shape index (κ1) is 17.3. The van der Waals surface area contributed by atoms with E-state index < -0.39 is 18.7 Å². The topological polar surface area (TPSA) is 44.8 Å². The van der Waals surface area contributed by atoms with Crippen molar-refractivity contribution in [2.75, 3.05) is 20.9 Å². The van der Waals surface area contributed by atoms with E-state index in [0.29, 0.717) is 29.9 Å². The van der Waals surface area contributed by atoms with E-state index in [4.69, 9.17) is 14.2 Å². The van der Waals surface area contributed by atoms with Gasteiger partial charge >= 0.3 is 5.97 Å². The Morgan fingerprint density at radius 1 is 1.22 bits per heavy atom. The number of cyclic esters (lactones) is 1. The maximum Gasteiger partial charge on any atom is 0.342 e. The maximum absolute atomic E-state index is 13.1. The first-order valence-electron chi connectivity index (χ1n) is 7.86. The Balaban J connectivity index is 2.44. The molecule has 126 valence electrons. The van der Waals surface area contributed by atoms with Gasteiger partial charge in [-0.15, -0.1) is 0 Å². The summed E-state index contributed by atoms with van der Waals surface area (Å²) in [6.07, 6.45) is 7.24. The van der Waals surface area contributed by atoms with Gasteiger partial charge in [0, 0.05) is 6.07 Å². The monoisotopic (exact) mass is 322 g/mol. The van der Waals surface area contributed by atoms with E-state index >= 15 is 0 Å². The Morgan fingerprint density at radius 2 is 2.04 bits per heavy atom. The van der Waals surface area contributed by atoms with Gasteiger partial charge in [-0.1, -0.05) is 12.2 Å². The Kier molecular flexibility index (Phi) is 6.44. The average Bonchev–Trinajstić information content (AvgIpc) is 2.57. The third-order valence-corrected chi connectivity index (χ3v) is 3.91. The summed E-state index contributed by atoms with van der Waals surface area (Å²) >= 11 is 0. The van der Waals surface area contributed by atoms with Crippen LogP contribution in [0.3, 0.4) is 0 Å². The molecule has 0 spiro atoms. The zero-order chi connectivity index (χ0) is 16.7. The molecule has 0 bridgehead atoms. The van der Waals surface area contributed by atoms with Crippen LogP contribution < -0.4 is 9.47 Å². The third kappa shape index (κ3) is 4.47. The molecule has 0 saturated heterocycles. The Hall–Kier alpha value is -2.04. The number of hydrogen-bond donors (Lipinski definition) is 0. The Bertz CT molecular complexity index is 568. The van der Waals surface area contributed by atoms with E-state index in [2.05, 4.69) is 6.08 Å². The smallest absolute Gasteiger partial charge is 0.342 e. The van der Waals surface area contributed by atoms with Gasteiger partial charge in [0.05, 0.1) is 14.2 Å². The molecule has 1 aliphatic heterocycles. The number of carbonyl (C=O) groups excluding carboxylic acids is 1. The number of rotatable bonds is 3. The van der Waals surface area contributed by atoms with Crippen molar-refractivity contribution in [2.45, 2.75) is 38.2 Å². The summed E-state index contributed by atoms with van der Waals surface area (Å²) in [5.74, 6) is 0.444. The van der Waals surface area contributed by atoms with Crippen LogP contribution in [0.1, 0.15) is 41.6 Å². The lowest BCUT2D eigenvalue weighted by Crippen LogP contribution is -2.22. The lowest BCUT2D eigenvalue weighted by molar-refractivity contribution is 0.0208. The molecule has 0 radical (unpaired) electrons. The quantitative estimate of drug-likeness (QED) is 0.626. The molecule has 5 heteroatoms. The second-order valence-electron chi connectivity index (χ2n) is 5.51. The molecule has 1 heterocycles. The summed E-state index contributed by atoms with van der Waals surface area (Å²) in [5.41, 5.74) is 1.10. The maximum atomic E-state index is 13.1. The van der Waals surface area contributed by atoms with Crippen molar-refractivity contribution < 1.29 is 23.4 Å². The van der Waals surface area contributed by atoms with Crippen LogP contribution in [0.25, 0.3) is 0 Å². The number of halogens is 1. The number of methoxy groups -OCH3 is 2. The number of ether oxygens (including phenoxy) is 3. The van der Waals surface area contributed by atoms with Crippen LogP contribution in [0.2, 0.25) is 0 Å². The number of benzene rings is 1. The summed E-state index contributed by atoms with van der Waals surface area (Å²) in [6, 6.07) is 3.43. The minimum absolute atomic E-state index is 0.344. The molecule has 0 unspecified atom stereocenters. The summed E-state index contributed by atoms with van der Waals surface area (Å²) in [4.78, 5) is 12.5. The van der Waals surface area contributed by atoms with Gasteiger partial charge in [-0.05, 0) is 43.7 Å². The largest absolute Gasteiger partial charge is 0.497 e. The third-order valence-electron chi connectivity index (χ3n) is 3.91. The summed E-state index contributed by atoms with van der Waals surface area (Å²) < 4.78 is 29.0. The fourth-order valence-electron chi connectivity index (χ4n) is 2.66. The lowest BCUT2D eigenvalue weighted by atomic mass is 10.0. The highest BCUT2D eigenvalue weighted by molar-refractivity contribution is 5.94. The van der Waals surface area contributed by atoms with Gasteiger partial charge < -0.3 is 14.2 Å². The van der Waals surface area contributed by atoms with Crippen molar-refractivity contribution in [1.29, 1.82) is 0 Å². The van der Waals surface area contributed by atoms with E-state index in [9.17, 15) is 9.18 Å². The average molecular weight is 322 g/mol. The minimum Gasteiger partial charge on any atom is -0.497 e. The van der Waals surface area contributed by atoms with Gasteiger partial charge in [-0.2, -0.15) is 0 Å². The van der Waals surface area contributed by atoms with Crippen LogP contribution in [-0.4, -0.2) is 33.0 Å². The zero-order valence-corrected chi connectivity index (χ0v) is 13.6. The zero-order valence-electron chi connectivity index (χ0n) is 13.6. The standard InChI is InChI=1S/C18H23FO4/c1-21-15-10-13-8-6-4-3-5-7-9-14(12-19)23-18(20)17(13)16(11-15)22-2/h4,6,10-11,14H,3,5,7-9,12H2,1-2H3/b6-4+/t14-/m0/s1. The van der Waals surface area contributed by atoms with Crippen LogP contribution >= 0.6 is 0 Å². The number of allylic oxidation sites excluding steroid dienone is 2. The summed E-state index contributed by atoms with van der Waals surface area (Å²) in [7, 11) is 3.05. The molecule has 0 aromatic heterocycles. The number of esters is 1. The molecule has 1 aliphatic rings. The highest BCUT2D eigenvalue weighted by atomic mass is 19.1. The van der Waals surface area contributed by atoms with E-state index in [0.717, 1.165) is 24.8 Å². The van der Waals surface area contributed by atoms with Gasteiger partial charge in [-0.3, -0.25) is 0 Å². The van der Waals surface area contributed by atoms with Crippen LogP contribution in [0, 0.1) is 0 Å². The predicted octanol–water partition coefficient (Wildman–Crippen LogP) is 3.87. The molecule has 0 amide bonds. The van der Waals surface area contributed by atoms with E-state index in [1.165, 1.54) is 7.11 Å². The summed E-state index contributed by atoms with van der Waals surface area (Å²) in [5, 5.41) is 0. The molecular weight excluding hydrogens is 299 g/mol. The molecule has 23 heavy (non-hydrogen) atoms. The van der Waals surface area contributed by atoms with Crippen molar-refractivity contribution >= 4 is 5.97 Å². The molecule has 1 aromatic carbocycles. The van der Waals surface area contributed by atoms with Crippen LogP contribution in [0.5, 0.6) is 11.5 Å². The van der Waals surface area contributed by atoms with Crippen LogP contribution in [-0.2, 0) is 11.2 Å². The van der Waals surface area contributed by atoms with Gasteiger partial charge in [0.1, 0.15) is 29.8 Å². The molecule has 0 saturated carbocycles. The molecule has 0 aliphatic carbocycles. The van der Waals surface area contributed by atoms with Crippen LogP contribution in [0.15, 0.2) is 24.3 Å². The van der Waals surface area contributed by atoms with Crippen molar-refractivity contribution in [3.63, 3.8) is 0 Å². The molecule has 1 aromatic rings. The number of alkyl halides is 1. The highest BCUT2D eigenvalue weighted by Crippen LogP contribution is 2.31. The van der Waals surface area contributed by atoms with Gasteiger partial charge in [0.2, 0.25) is 0 Å². The molecule has 1 atom stereocenters. The fourth-order valence-corrected chi connectivity index (χ4v) is 2.66. The fraction of sp³-hybridized carbons (Fsp3) is 0.500. The van der Waals surface area contributed by atoms with Crippen LogP contribution in [0.4, 0.5) is 4.39 Å². The normalized spacial score (nSPS) is 20.5. The number of hydrogen-bond acceptors (Lipinski definition) is 4. The first-order chi connectivity index (χ1) is 11.2. The SMILES string of the molecule is COc1cc2c(c(OC)c1)C(=O)O[C@H](CF)CCCC/C=C/C2. The molecule has 0 N–H and O–H groups in total. The van der Waals surface area contributed by atoms with Gasteiger partial charge in [-0.25, -0.2) is 9.18 Å². The van der Waals surface area contributed by atoms with Crippen molar-refractivity contribution in [3.05, 3.63) is 35.4 Å². The first-order valence-corrected chi connectivity index (χ1v) is 7.86. The second kappa shape index (κ2) is 8.56. The van der Waals surface area contributed by atoms with Crippen molar-refractivity contribution in [2.24, 2.45) is 0 Å². The summed E-state index contributed by atoms with van der Waals surface area (Å²) in [6.45, 7) is -0.671. The minimum atomic E-state index is -0.703. The second-order valence-corrected chi connectivity index (χ2v) is 5.51. The molecule has 2 rings (SSSR count). The number of fused-ring (bicyclic) bond motifs is 1. The van der Waals surface area contributed by atoms with Crippen molar-refractivity contribution in [1.82, 2.24) is 0 Å².